The molecule has 1 N–H and O–H groups in total. The lowest BCUT2D eigenvalue weighted by atomic mass is 10.3. The molecule has 0 fully saturated rings. The van der Waals surface area contributed by atoms with Crippen molar-refractivity contribution in [3.8, 4) is 11.4 Å². The summed E-state index contributed by atoms with van der Waals surface area (Å²) in [6, 6.07) is 3.02. The zero-order valence-electron chi connectivity index (χ0n) is 10.0. The van der Waals surface area contributed by atoms with E-state index in [1.54, 1.807) is 24.5 Å². The number of pyridine rings is 1. The fourth-order valence-corrected chi connectivity index (χ4v) is 2.16. The second-order valence-electron chi connectivity index (χ2n) is 3.66. The minimum absolute atomic E-state index is 0.338. The highest BCUT2D eigenvalue weighted by molar-refractivity contribution is 7.09. The van der Waals surface area contributed by atoms with Crippen LogP contribution >= 0.6 is 11.3 Å². The Kier molecular flexibility index (Phi) is 4.74. The molecule has 0 bridgehead atoms. The Morgan fingerprint density at radius 1 is 1.39 bits per heavy atom. The molecule has 0 aromatic carbocycles. The van der Waals surface area contributed by atoms with Crippen molar-refractivity contribution in [2.75, 3.05) is 20.3 Å². The fraction of sp³-hybridized carbons (Fsp3) is 0.333. The smallest absolute Gasteiger partial charge is 0.141 e. The Bertz CT molecular complexity index is 486. The summed E-state index contributed by atoms with van der Waals surface area (Å²) >= 11 is 1.56. The van der Waals surface area contributed by atoms with Crippen LogP contribution in [0.1, 0.15) is 5.01 Å². The summed E-state index contributed by atoms with van der Waals surface area (Å²) in [7, 11) is 1.67. The van der Waals surface area contributed by atoms with Gasteiger partial charge < -0.3 is 10.1 Å². The number of nitrogens with one attached hydrogen (secondary N) is 1. The van der Waals surface area contributed by atoms with Gasteiger partial charge in [-0.2, -0.15) is 0 Å². The highest BCUT2D eigenvalue weighted by atomic mass is 32.1. The lowest BCUT2D eigenvalue weighted by molar-refractivity contribution is 0.199. The first-order valence-corrected chi connectivity index (χ1v) is 6.43. The van der Waals surface area contributed by atoms with E-state index in [1.165, 1.54) is 12.3 Å². The van der Waals surface area contributed by atoms with E-state index in [4.69, 9.17) is 4.74 Å². The van der Waals surface area contributed by atoms with Gasteiger partial charge in [-0.15, -0.1) is 11.3 Å². The van der Waals surface area contributed by atoms with Gasteiger partial charge in [-0.1, -0.05) is 0 Å². The van der Waals surface area contributed by atoms with Crippen LogP contribution in [0.15, 0.2) is 23.7 Å². The number of hydrogen-bond acceptors (Lipinski definition) is 5. The second kappa shape index (κ2) is 6.53. The molecule has 0 atom stereocenters. The molecule has 4 nitrogen and oxygen atoms in total. The number of methoxy groups -OCH3 is 1. The molecule has 0 unspecified atom stereocenters. The first-order valence-electron chi connectivity index (χ1n) is 5.55. The lowest BCUT2D eigenvalue weighted by Crippen LogP contribution is -2.18. The van der Waals surface area contributed by atoms with E-state index in [0.717, 1.165) is 17.2 Å². The number of thiazole rings is 1. The van der Waals surface area contributed by atoms with Crippen molar-refractivity contribution >= 4 is 11.3 Å². The molecule has 0 saturated carbocycles. The molecule has 0 spiro atoms. The van der Waals surface area contributed by atoms with E-state index >= 15 is 0 Å². The topological polar surface area (TPSA) is 47.0 Å². The summed E-state index contributed by atoms with van der Waals surface area (Å²) in [4.78, 5) is 8.44. The summed E-state index contributed by atoms with van der Waals surface area (Å²) in [5.74, 6) is -0.338. The van der Waals surface area contributed by atoms with Crippen molar-refractivity contribution in [3.63, 3.8) is 0 Å². The summed E-state index contributed by atoms with van der Waals surface area (Å²) in [6.45, 7) is 2.17. The van der Waals surface area contributed by atoms with Crippen LogP contribution in [-0.4, -0.2) is 30.2 Å². The van der Waals surface area contributed by atoms with Crippen molar-refractivity contribution in [1.82, 2.24) is 15.3 Å². The maximum atomic E-state index is 12.7. The van der Waals surface area contributed by atoms with E-state index in [2.05, 4.69) is 15.3 Å². The minimum Gasteiger partial charge on any atom is -0.383 e. The van der Waals surface area contributed by atoms with E-state index < -0.39 is 0 Å². The lowest BCUT2D eigenvalue weighted by Gasteiger charge is -2.00. The third kappa shape index (κ3) is 3.56. The average Bonchev–Trinajstić information content (AvgIpc) is 2.84. The van der Waals surface area contributed by atoms with E-state index in [9.17, 15) is 4.39 Å². The van der Waals surface area contributed by atoms with Crippen molar-refractivity contribution < 1.29 is 9.13 Å². The van der Waals surface area contributed by atoms with Crippen LogP contribution < -0.4 is 5.32 Å². The Morgan fingerprint density at radius 3 is 3.00 bits per heavy atom. The third-order valence-electron chi connectivity index (χ3n) is 2.30. The molecular formula is C12H14FN3OS. The van der Waals surface area contributed by atoms with Crippen molar-refractivity contribution in [3.05, 3.63) is 34.5 Å². The zero-order valence-corrected chi connectivity index (χ0v) is 10.8. The normalized spacial score (nSPS) is 10.8. The molecule has 0 aliphatic heterocycles. The van der Waals surface area contributed by atoms with Gasteiger partial charge in [0.1, 0.15) is 10.8 Å². The average molecular weight is 267 g/mol. The Hall–Kier alpha value is -1.37. The molecule has 0 amide bonds. The predicted octanol–water partition coefficient (Wildman–Crippen LogP) is 2.08. The van der Waals surface area contributed by atoms with Crippen LogP contribution in [0.25, 0.3) is 11.4 Å². The maximum Gasteiger partial charge on any atom is 0.141 e. The molecule has 0 radical (unpaired) electrons. The maximum absolute atomic E-state index is 12.7. The monoisotopic (exact) mass is 267 g/mol. The molecule has 2 aromatic heterocycles. The highest BCUT2D eigenvalue weighted by Crippen LogP contribution is 2.19. The van der Waals surface area contributed by atoms with Crippen molar-refractivity contribution in [2.24, 2.45) is 0 Å². The SMILES string of the molecule is COCCNCc1nc(-c2ccc(F)cn2)cs1. The first-order chi connectivity index (χ1) is 8.79. The third-order valence-corrected chi connectivity index (χ3v) is 3.15. The van der Waals surface area contributed by atoms with Crippen LogP contribution in [-0.2, 0) is 11.3 Å². The second-order valence-corrected chi connectivity index (χ2v) is 4.60. The van der Waals surface area contributed by atoms with Crippen molar-refractivity contribution in [1.29, 1.82) is 0 Å². The first kappa shape index (κ1) is 13.1. The molecule has 6 heteroatoms. The van der Waals surface area contributed by atoms with E-state index in [1.807, 2.05) is 5.38 Å². The molecule has 2 rings (SSSR count). The molecule has 0 aliphatic rings. The molecule has 96 valence electrons. The summed E-state index contributed by atoms with van der Waals surface area (Å²) in [5.41, 5.74) is 1.47. The predicted molar refractivity (Wildman–Crippen MR) is 68.9 cm³/mol. The summed E-state index contributed by atoms with van der Waals surface area (Å²) < 4.78 is 17.7. The van der Waals surface area contributed by atoms with Crippen LogP contribution in [0.5, 0.6) is 0 Å². The van der Waals surface area contributed by atoms with Gasteiger partial charge in [0.25, 0.3) is 0 Å². The Labute approximate surface area is 109 Å². The van der Waals surface area contributed by atoms with Crippen LogP contribution in [0, 0.1) is 5.82 Å². The van der Waals surface area contributed by atoms with Gasteiger partial charge in [0, 0.05) is 25.6 Å². The van der Waals surface area contributed by atoms with E-state index in [-0.39, 0.29) is 5.82 Å². The van der Waals surface area contributed by atoms with Gasteiger partial charge in [-0.25, -0.2) is 9.37 Å². The van der Waals surface area contributed by atoms with Crippen LogP contribution in [0.4, 0.5) is 4.39 Å². The quantitative estimate of drug-likeness (QED) is 0.814. The molecule has 2 aromatic rings. The number of hydrogen-bond donors (Lipinski definition) is 1. The molecule has 2 heterocycles. The van der Waals surface area contributed by atoms with Crippen molar-refractivity contribution in [2.45, 2.75) is 6.54 Å². The number of halogens is 1. The highest BCUT2D eigenvalue weighted by Gasteiger charge is 2.05. The van der Waals surface area contributed by atoms with Gasteiger partial charge in [0.2, 0.25) is 0 Å². The van der Waals surface area contributed by atoms with Gasteiger partial charge in [-0.3, -0.25) is 4.98 Å². The number of rotatable bonds is 6. The fourth-order valence-electron chi connectivity index (χ4n) is 1.41. The standard InChI is InChI=1S/C12H14FN3OS/c1-17-5-4-14-7-12-16-11(8-18-12)10-3-2-9(13)6-15-10/h2-3,6,8,14H,4-5,7H2,1H3. The zero-order chi connectivity index (χ0) is 12.8. The molecule has 18 heavy (non-hydrogen) atoms. The number of nitrogens with zero attached hydrogens (tertiary/aromatic N) is 2. The van der Waals surface area contributed by atoms with E-state index in [0.29, 0.717) is 18.8 Å². The Balaban J connectivity index is 1.95. The van der Waals surface area contributed by atoms with Gasteiger partial charge in [-0.05, 0) is 12.1 Å². The van der Waals surface area contributed by atoms with Crippen LogP contribution in [0.3, 0.4) is 0 Å². The number of ether oxygens (including phenoxy) is 1. The van der Waals surface area contributed by atoms with Gasteiger partial charge >= 0.3 is 0 Å². The van der Waals surface area contributed by atoms with Crippen LogP contribution in [0.2, 0.25) is 0 Å². The van der Waals surface area contributed by atoms with Gasteiger partial charge in [0.15, 0.2) is 0 Å². The summed E-state index contributed by atoms with van der Waals surface area (Å²) in [5, 5.41) is 6.12. The molecule has 0 aliphatic carbocycles. The molecular weight excluding hydrogens is 253 g/mol. The largest absolute Gasteiger partial charge is 0.383 e. The summed E-state index contributed by atoms with van der Waals surface area (Å²) in [6.07, 6.45) is 1.20. The number of aromatic nitrogens is 2. The minimum atomic E-state index is -0.338. The Morgan fingerprint density at radius 2 is 2.28 bits per heavy atom. The molecule has 0 saturated heterocycles. The van der Waals surface area contributed by atoms with Gasteiger partial charge in [0.05, 0.1) is 24.2 Å².